The first-order chi connectivity index (χ1) is 26.2. The van der Waals surface area contributed by atoms with Crippen LogP contribution in [0.15, 0.2) is 0 Å². The first-order valence-electron chi connectivity index (χ1n) is 24.1. The molecule has 0 fully saturated rings. The number of rotatable bonds is 46. The van der Waals surface area contributed by atoms with Gasteiger partial charge in [0.2, 0.25) is 0 Å². The number of unbranched alkanes of at least 4 members (excludes halogenated alkanes) is 36. The molecule has 0 atom stereocenters. The molecule has 0 aliphatic heterocycles. The lowest BCUT2D eigenvalue weighted by atomic mass is 10.0. The van der Waals surface area contributed by atoms with Gasteiger partial charge in [0.1, 0.15) is 13.2 Å². The summed E-state index contributed by atoms with van der Waals surface area (Å²) < 4.78 is 10.8. The Kier molecular flexibility index (Phi) is 46.8. The zero-order valence-electron chi connectivity index (χ0n) is 36.2. The van der Waals surface area contributed by atoms with Crippen LogP contribution in [-0.4, -0.2) is 36.7 Å². The van der Waals surface area contributed by atoms with Gasteiger partial charge in [-0.3, -0.25) is 9.59 Å². The molecule has 0 heterocycles. The summed E-state index contributed by atoms with van der Waals surface area (Å²) in [4.78, 5) is 24.0. The molecular formula is C48H94O4S. The van der Waals surface area contributed by atoms with Gasteiger partial charge >= 0.3 is 11.9 Å². The van der Waals surface area contributed by atoms with Crippen molar-refractivity contribution < 1.29 is 19.1 Å². The van der Waals surface area contributed by atoms with E-state index in [4.69, 9.17) is 9.47 Å². The molecule has 5 heteroatoms. The van der Waals surface area contributed by atoms with Crippen LogP contribution in [0.3, 0.4) is 0 Å². The summed E-state index contributed by atoms with van der Waals surface area (Å²) >= 11 is 1.69. The zero-order valence-corrected chi connectivity index (χ0v) is 37.0. The van der Waals surface area contributed by atoms with Crippen LogP contribution >= 0.6 is 11.8 Å². The number of hydrogen-bond donors (Lipinski definition) is 0. The van der Waals surface area contributed by atoms with Crippen molar-refractivity contribution in [2.75, 3.05) is 24.7 Å². The topological polar surface area (TPSA) is 52.6 Å². The molecular weight excluding hydrogens is 673 g/mol. The molecule has 0 radical (unpaired) electrons. The summed E-state index contributed by atoms with van der Waals surface area (Å²) in [6, 6.07) is 0. The highest BCUT2D eigenvalue weighted by Gasteiger charge is 2.05. The van der Waals surface area contributed by atoms with Gasteiger partial charge in [-0.05, 0) is 12.8 Å². The summed E-state index contributed by atoms with van der Waals surface area (Å²) in [5, 5.41) is 0. The lowest BCUT2D eigenvalue weighted by molar-refractivity contribution is -0.143. The van der Waals surface area contributed by atoms with Crippen molar-refractivity contribution in [3.63, 3.8) is 0 Å². The molecule has 0 bridgehead atoms. The Labute approximate surface area is 337 Å². The van der Waals surface area contributed by atoms with E-state index in [-0.39, 0.29) is 11.9 Å². The lowest BCUT2D eigenvalue weighted by Gasteiger charge is -2.07. The minimum atomic E-state index is -0.0661. The molecule has 0 saturated heterocycles. The molecule has 0 saturated carbocycles. The molecule has 0 unspecified atom stereocenters. The second-order valence-electron chi connectivity index (χ2n) is 16.3. The van der Waals surface area contributed by atoms with Crippen LogP contribution in [0.1, 0.15) is 271 Å². The molecule has 0 aromatic heterocycles. The van der Waals surface area contributed by atoms with E-state index in [1.165, 1.54) is 218 Å². The van der Waals surface area contributed by atoms with Crippen LogP contribution in [0, 0.1) is 0 Å². The summed E-state index contributed by atoms with van der Waals surface area (Å²) in [7, 11) is 0. The van der Waals surface area contributed by atoms with Crippen molar-refractivity contribution in [1.29, 1.82) is 0 Å². The minimum absolute atomic E-state index is 0.0661. The van der Waals surface area contributed by atoms with Crippen LogP contribution in [0.25, 0.3) is 0 Å². The first kappa shape index (κ1) is 52.3. The van der Waals surface area contributed by atoms with Crippen LogP contribution in [0.5, 0.6) is 0 Å². The normalized spacial score (nSPS) is 11.4. The van der Waals surface area contributed by atoms with E-state index in [9.17, 15) is 9.59 Å². The van der Waals surface area contributed by atoms with Gasteiger partial charge in [0, 0.05) is 24.3 Å². The Morgan fingerprint density at radius 1 is 0.302 bits per heavy atom. The fourth-order valence-corrected chi connectivity index (χ4v) is 7.98. The molecule has 4 nitrogen and oxygen atoms in total. The number of thioether (sulfide) groups is 1. The van der Waals surface area contributed by atoms with Gasteiger partial charge in [-0.15, -0.1) is 0 Å². The van der Waals surface area contributed by atoms with Crippen molar-refractivity contribution >= 4 is 23.7 Å². The number of carbonyl (C=O) groups is 2. The summed E-state index contributed by atoms with van der Waals surface area (Å²) in [6.07, 6.45) is 52.8. The van der Waals surface area contributed by atoms with E-state index in [0.29, 0.717) is 26.1 Å². The highest BCUT2D eigenvalue weighted by Crippen LogP contribution is 2.17. The van der Waals surface area contributed by atoms with Gasteiger partial charge in [-0.2, -0.15) is 11.8 Å². The highest BCUT2D eigenvalue weighted by atomic mass is 32.2. The van der Waals surface area contributed by atoms with Gasteiger partial charge in [0.25, 0.3) is 0 Å². The zero-order chi connectivity index (χ0) is 38.4. The fourth-order valence-electron chi connectivity index (χ4n) is 7.37. The fraction of sp³-hybridized carbons (Fsp3) is 0.958. The Morgan fingerprint density at radius 2 is 0.491 bits per heavy atom. The Balaban J connectivity index is 3.23. The Hall–Kier alpha value is -0.710. The van der Waals surface area contributed by atoms with E-state index in [1.54, 1.807) is 11.8 Å². The largest absolute Gasteiger partial charge is 0.465 e. The standard InChI is InChI=1S/C48H94O4S/c1-3-5-7-9-11-13-15-17-19-21-23-25-27-29-31-33-35-37-39-41-47(49)51-43-45-53-46-44-52-48(50)42-40-38-36-34-32-30-28-26-24-22-20-18-16-14-12-10-8-6-4-2/h3-46H2,1-2H3. The molecule has 0 N–H and O–H groups in total. The number of carbonyl (C=O) groups excluding carboxylic acids is 2. The van der Waals surface area contributed by atoms with Crippen LogP contribution in [0.4, 0.5) is 0 Å². The Morgan fingerprint density at radius 3 is 0.698 bits per heavy atom. The van der Waals surface area contributed by atoms with E-state index in [1.807, 2.05) is 0 Å². The molecule has 0 aliphatic rings. The van der Waals surface area contributed by atoms with Crippen LogP contribution in [-0.2, 0) is 19.1 Å². The maximum atomic E-state index is 12.0. The molecule has 0 amide bonds. The van der Waals surface area contributed by atoms with E-state index in [0.717, 1.165) is 37.2 Å². The third kappa shape index (κ3) is 47.4. The molecule has 316 valence electrons. The lowest BCUT2D eigenvalue weighted by Crippen LogP contribution is -2.09. The third-order valence-electron chi connectivity index (χ3n) is 11.0. The van der Waals surface area contributed by atoms with Crippen molar-refractivity contribution in [3.05, 3.63) is 0 Å². The van der Waals surface area contributed by atoms with Gasteiger partial charge in [0.05, 0.1) is 0 Å². The van der Waals surface area contributed by atoms with Gasteiger partial charge < -0.3 is 9.47 Å². The molecule has 53 heavy (non-hydrogen) atoms. The molecule has 0 spiro atoms. The van der Waals surface area contributed by atoms with Gasteiger partial charge in [-0.25, -0.2) is 0 Å². The van der Waals surface area contributed by atoms with E-state index >= 15 is 0 Å². The average Bonchev–Trinajstić information content (AvgIpc) is 3.16. The number of esters is 2. The summed E-state index contributed by atoms with van der Waals surface area (Å²) in [5.74, 6) is 1.40. The SMILES string of the molecule is CCCCCCCCCCCCCCCCCCCCCC(=O)OCCSCCOC(=O)CCCCCCCCCCCCCCCCCCCCC. The maximum absolute atomic E-state index is 12.0. The minimum Gasteiger partial charge on any atom is -0.465 e. The van der Waals surface area contributed by atoms with E-state index < -0.39 is 0 Å². The molecule has 0 aromatic carbocycles. The smallest absolute Gasteiger partial charge is 0.305 e. The first-order valence-corrected chi connectivity index (χ1v) is 25.2. The maximum Gasteiger partial charge on any atom is 0.305 e. The predicted molar refractivity (Wildman–Crippen MR) is 235 cm³/mol. The highest BCUT2D eigenvalue weighted by molar-refractivity contribution is 7.99. The second-order valence-corrected chi connectivity index (χ2v) is 17.5. The second kappa shape index (κ2) is 47.4. The van der Waals surface area contributed by atoms with Crippen molar-refractivity contribution in [1.82, 2.24) is 0 Å². The molecule has 0 rings (SSSR count). The summed E-state index contributed by atoms with van der Waals surface area (Å²) in [5.41, 5.74) is 0. The van der Waals surface area contributed by atoms with Crippen LogP contribution < -0.4 is 0 Å². The van der Waals surface area contributed by atoms with Gasteiger partial charge in [-0.1, -0.05) is 245 Å². The van der Waals surface area contributed by atoms with Gasteiger partial charge in [0.15, 0.2) is 0 Å². The number of ether oxygens (including phenoxy) is 2. The van der Waals surface area contributed by atoms with Crippen LogP contribution in [0.2, 0.25) is 0 Å². The quantitative estimate of drug-likeness (QED) is 0.0456. The molecule has 0 aromatic rings. The third-order valence-corrected chi connectivity index (χ3v) is 11.9. The predicted octanol–water partition coefficient (Wildman–Crippen LogP) is 16.4. The Bertz CT molecular complexity index is 656. The average molecular weight is 767 g/mol. The van der Waals surface area contributed by atoms with E-state index in [2.05, 4.69) is 13.8 Å². The van der Waals surface area contributed by atoms with Crippen molar-refractivity contribution in [2.24, 2.45) is 0 Å². The molecule has 0 aliphatic carbocycles. The monoisotopic (exact) mass is 767 g/mol. The van der Waals surface area contributed by atoms with Crippen molar-refractivity contribution in [2.45, 2.75) is 271 Å². The van der Waals surface area contributed by atoms with Crippen molar-refractivity contribution in [3.8, 4) is 0 Å². The summed E-state index contributed by atoms with van der Waals surface area (Å²) in [6.45, 7) is 5.49. The number of hydrogen-bond acceptors (Lipinski definition) is 5.